The van der Waals surface area contributed by atoms with Crippen molar-refractivity contribution in [2.24, 2.45) is 0 Å². The van der Waals surface area contributed by atoms with Crippen LogP contribution < -0.4 is 10.2 Å². The topological polar surface area (TPSA) is 80.6 Å². The van der Waals surface area contributed by atoms with E-state index in [1.54, 1.807) is 6.33 Å². The Morgan fingerprint density at radius 2 is 1.83 bits per heavy atom. The first-order valence-corrected chi connectivity index (χ1v) is 17.0. The molecule has 5 rings (SSSR count). The van der Waals surface area contributed by atoms with Crippen molar-refractivity contribution in [1.82, 2.24) is 24.4 Å². The van der Waals surface area contributed by atoms with Crippen LogP contribution in [-0.2, 0) is 16.2 Å². The maximum Gasteiger partial charge on any atom is 0.194 e. The molecule has 2 fully saturated rings. The van der Waals surface area contributed by atoms with Gasteiger partial charge >= 0.3 is 0 Å². The number of fused-ring (bicyclic) bond motifs is 1. The Kier molecular flexibility index (Phi) is 7.58. The Bertz CT molecular complexity index is 1140. The number of hydrogen-bond acceptors (Lipinski definition) is 8. The molecule has 2 aliphatic rings. The van der Waals surface area contributed by atoms with E-state index in [2.05, 4.69) is 96.6 Å². The number of piperazine rings is 1. The lowest BCUT2D eigenvalue weighted by Crippen LogP contribution is -2.56. The molecule has 0 bridgehead atoms. The molecular formula is C24H34IN7O2Si. The number of halogens is 1. The van der Waals surface area contributed by atoms with E-state index in [1.807, 2.05) is 4.57 Å². The molecule has 188 valence electrons. The second kappa shape index (κ2) is 10.7. The van der Waals surface area contributed by atoms with Crippen molar-refractivity contribution in [3.63, 3.8) is 0 Å². The average Bonchev–Trinajstić information content (AvgIpc) is 3.19. The second-order valence-corrected chi connectivity index (χ2v) is 17.0. The molecule has 35 heavy (non-hydrogen) atoms. The number of ether oxygens (including phenoxy) is 2. The smallest absolute Gasteiger partial charge is 0.194 e. The van der Waals surface area contributed by atoms with E-state index in [4.69, 9.17) is 9.47 Å². The molecule has 0 aliphatic carbocycles. The third-order valence-electron chi connectivity index (χ3n) is 6.61. The van der Waals surface area contributed by atoms with E-state index >= 15 is 0 Å². The third kappa shape index (κ3) is 6.13. The van der Waals surface area contributed by atoms with Crippen molar-refractivity contribution < 1.29 is 9.47 Å². The zero-order valence-electron chi connectivity index (χ0n) is 20.7. The minimum Gasteiger partial charge on any atom is -0.378 e. The molecule has 2 saturated heterocycles. The number of imidazole rings is 1. The van der Waals surface area contributed by atoms with E-state index in [9.17, 15) is 0 Å². The molecule has 9 nitrogen and oxygen atoms in total. The van der Waals surface area contributed by atoms with Gasteiger partial charge in [-0.15, -0.1) is 0 Å². The highest BCUT2D eigenvalue weighted by Crippen LogP contribution is 2.26. The minimum absolute atomic E-state index is 0.448. The molecule has 0 amide bonds. The first-order chi connectivity index (χ1) is 16.9. The summed E-state index contributed by atoms with van der Waals surface area (Å²) in [5.74, 6) is 0.712. The van der Waals surface area contributed by atoms with Crippen molar-refractivity contribution >= 4 is 59.0 Å². The van der Waals surface area contributed by atoms with Crippen LogP contribution in [0.5, 0.6) is 0 Å². The van der Waals surface area contributed by atoms with Crippen molar-refractivity contribution in [3.05, 3.63) is 34.4 Å². The fourth-order valence-corrected chi connectivity index (χ4v) is 5.54. The van der Waals surface area contributed by atoms with Crippen LogP contribution >= 0.6 is 22.6 Å². The van der Waals surface area contributed by atoms with Crippen molar-refractivity contribution in [2.45, 2.75) is 38.5 Å². The SMILES string of the molecule is C[Si](C)(C)CCOCn1cnc2c(Nc3ccc(N4CCN(C5COC5)CC4)cc3)nc(I)nc21. The second-order valence-electron chi connectivity index (χ2n) is 10.5. The van der Waals surface area contributed by atoms with Gasteiger partial charge in [0.15, 0.2) is 20.8 Å². The standard InChI is InChI=1S/C24H34IN7O2Si/c1-35(2,3)13-12-33-17-32-16-26-21-22(28-24(25)29-23(21)32)27-18-4-6-19(7-5-18)30-8-10-31(11-9-30)20-14-34-15-20/h4-7,16,20H,8-15,17H2,1-3H3,(H,27,28,29). The van der Waals surface area contributed by atoms with E-state index in [0.29, 0.717) is 22.4 Å². The van der Waals surface area contributed by atoms with Gasteiger partial charge in [0, 0.05) is 74.8 Å². The van der Waals surface area contributed by atoms with Crippen LogP contribution in [0.25, 0.3) is 11.2 Å². The number of rotatable bonds is 9. The molecule has 0 atom stereocenters. The summed E-state index contributed by atoms with van der Waals surface area (Å²) in [7, 11) is -1.11. The van der Waals surface area contributed by atoms with E-state index in [1.165, 1.54) is 5.69 Å². The molecular weight excluding hydrogens is 573 g/mol. The largest absolute Gasteiger partial charge is 0.378 e. The third-order valence-corrected chi connectivity index (χ3v) is 8.80. The fraction of sp³-hybridized carbons (Fsp3) is 0.542. The predicted octanol–water partition coefficient (Wildman–Crippen LogP) is 4.01. The molecule has 4 heterocycles. The number of hydrogen-bond donors (Lipinski definition) is 1. The van der Waals surface area contributed by atoms with Crippen LogP contribution in [0, 0.1) is 3.83 Å². The van der Waals surface area contributed by atoms with Gasteiger partial charge in [0.05, 0.1) is 25.6 Å². The Labute approximate surface area is 221 Å². The number of benzene rings is 1. The molecule has 11 heteroatoms. The van der Waals surface area contributed by atoms with E-state index in [0.717, 1.165) is 68.9 Å². The normalized spacial score (nSPS) is 17.7. The predicted molar refractivity (Wildman–Crippen MR) is 150 cm³/mol. The van der Waals surface area contributed by atoms with Gasteiger partial charge in [0.1, 0.15) is 6.73 Å². The van der Waals surface area contributed by atoms with Gasteiger partial charge in [-0.05, 0) is 30.3 Å². The highest BCUT2D eigenvalue weighted by molar-refractivity contribution is 14.1. The first kappa shape index (κ1) is 24.9. The van der Waals surface area contributed by atoms with Crippen LogP contribution in [0.2, 0.25) is 25.7 Å². The molecule has 0 unspecified atom stereocenters. The summed E-state index contributed by atoms with van der Waals surface area (Å²) in [5.41, 5.74) is 3.77. The summed E-state index contributed by atoms with van der Waals surface area (Å²) < 4.78 is 13.9. The molecule has 3 aromatic rings. The Morgan fingerprint density at radius 3 is 2.49 bits per heavy atom. The van der Waals surface area contributed by atoms with Gasteiger partial charge in [0.2, 0.25) is 0 Å². The van der Waals surface area contributed by atoms with Crippen LogP contribution in [0.15, 0.2) is 30.6 Å². The van der Waals surface area contributed by atoms with E-state index in [-0.39, 0.29) is 0 Å². The van der Waals surface area contributed by atoms with Gasteiger partial charge in [-0.2, -0.15) is 0 Å². The van der Waals surface area contributed by atoms with Gasteiger partial charge in [-0.25, -0.2) is 15.0 Å². The van der Waals surface area contributed by atoms with Crippen LogP contribution in [-0.4, -0.2) is 84.5 Å². The minimum atomic E-state index is -1.11. The van der Waals surface area contributed by atoms with Gasteiger partial charge < -0.3 is 19.7 Å². The lowest BCUT2D eigenvalue weighted by Gasteiger charge is -2.43. The fourth-order valence-electron chi connectivity index (χ4n) is 4.31. The van der Waals surface area contributed by atoms with Gasteiger partial charge in [0.25, 0.3) is 0 Å². The number of anilines is 3. The molecule has 1 aromatic carbocycles. The number of aromatic nitrogens is 4. The summed E-state index contributed by atoms with van der Waals surface area (Å²) in [4.78, 5) is 18.8. The lowest BCUT2D eigenvalue weighted by atomic mass is 10.1. The highest BCUT2D eigenvalue weighted by atomic mass is 127. The molecule has 2 aliphatic heterocycles. The van der Waals surface area contributed by atoms with Crippen molar-refractivity contribution in [1.29, 1.82) is 0 Å². The molecule has 0 radical (unpaired) electrons. The molecule has 0 saturated carbocycles. The van der Waals surface area contributed by atoms with Gasteiger partial charge in [-0.3, -0.25) is 9.47 Å². The summed E-state index contributed by atoms with van der Waals surface area (Å²) in [6.45, 7) is 14.3. The molecule has 2 aromatic heterocycles. The highest BCUT2D eigenvalue weighted by Gasteiger charge is 2.28. The van der Waals surface area contributed by atoms with Crippen molar-refractivity contribution in [3.8, 4) is 0 Å². The molecule has 0 spiro atoms. The van der Waals surface area contributed by atoms with E-state index < -0.39 is 8.07 Å². The summed E-state index contributed by atoms with van der Waals surface area (Å²) in [6.07, 6.45) is 1.79. The maximum atomic E-state index is 5.92. The van der Waals surface area contributed by atoms with Crippen LogP contribution in [0.1, 0.15) is 0 Å². The quantitative estimate of drug-likeness (QED) is 0.169. The Balaban J connectivity index is 1.22. The number of nitrogens with zero attached hydrogens (tertiary/aromatic N) is 6. The zero-order valence-corrected chi connectivity index (χ0v) is 23.9. The molecule has 1 N–H and O–H groups in total. The summed E-state index contributed by atoms with van der Waals surface area (Å²) in [6, 6.07) is 10.3. The summed E-state index contributed by atoms with van der Waals surface area (Å²) >= 11 is 2.16. The first-order valence-electron chi connectivity index (χ1n) is 12.3. The lowest BCUT2D eigenvalue weighted by molar-refractivity contribution is -0.0660. The average molecular weight is 608 g/mol. The monoisotopic (exact) mass is 607 g/mol. The summed E-state index contributed by atoms with van der Waals surface area (Å²) in [5, 5.41) is 3.45. The van der Waals surface area contributed by atoms with Crippen molar-refractivity contribution in [2.75, 3.05) is 56.2 Å². The van der Waals surface area contributed by atoms with Gasteiger partial charge in [-0.1, -0.05) is 19.6 Å². The maximum absolute atomic E-state index is 5.92. The zero-order chi connectivity index (χ0) is 24.4. The Morgan fingerprint density at radius 1 is 1.09 bits per heavy atom. The van der Waals surface area contributed by atoms with Crippen LogP contribution in [0.3, 0.4) is 0 Å². The Hall–Kier alpha value is -1.80. The number of nitrogens with one attached hydrogen (secondary N) is 1. The van der Waals surface area contributed by atoms with Crippen LogP contribution in [0.4, 0.5) is 17.2 Å².